The normalized spacial score (nSPS) is 10.9. The van der Waals surface area contributed by atoms with Crippen LogP contribution in [0.25, 0.3) is 10.9 Å². The monoisotopic (exact) mass is 550 g/mol. The number of hydrogen-bond acceptors (Lipinski definition) is 9. The van der Waals surface area contributed by atoms with Gasteiger partial charge in [-0.05, 0) is 61.9 Å². The molecule has 12 heteroatoms. The topological polar surface area (TPSA) is 118 Å². The molecule has 0 saturated heterocycles. The van der Waals surface area contributed by atoms with Gasteiger partial charge in [0.25, 0.3) is 11.0 Å². The number of nitrogens with zero attached hydrogens (tertiary/aromatic N) is 2. The van der Waals surface area contributed by atoms with E-state index in [2.05, 4.69) is 4.84 Å². The van der Waals surface area contributed by atoms with Crippen molar-refractivity contribution in [3.05, 3.63) is 80.0 Å². The summed E-state index contributed by atoms with van der Waals surface area (Å²) in [5, 5.41) is 10.4. The van der Waals surface area contributed by atoms with E-state index in [1.165, 1.54) is 33.1 Å². The highest BCUT2D eigenvalue weighted by Crippen LogP contribution is 2.29. The Bertz CT molecular complexity index is 1290. The molecule has 0 spiro atoms. The summed E-state index contributed by atoms with van der Waals surface area (Å²) >= 11 is 5.96. The minimum Gasteiger partial charge on any atom is -0.465 e. The van der Waals surface area contributed by atoms with Crippen LogP contribution in [0.5, 0.6) is 0 Å². The van der Waals surface area contributed by atoms with Gasteiger partial charge in [0, 0.05) is 38.7 Å². The van der Waals surface area contributed by atoms with Gasteiger partial charge in [0.2, 0.25) is 0 Å². The van der Waals surface area contributed by atoms with Gasteiger partial charge in [0.05, 0.1) is 11.9 Å². The van der Waals surface area contributed by atoms with Crippen LogP contribution in [0.2, 0.25) is 5.02 Å². The molecule has 190 valence electrons. The summed E-state index contributed by atoms with van der Waals surface area (Å²) in [5.74, 6) is 0.0563. The molecule has 0 N–H and O–H groups in total. The second-order valence-corrected chi connectivity index (χ2v) is 10.7. The lowest BCUT2D eigenvalue weighted by Gasteiger charge is -2.08. The molecule has 36 heavy (non-hydrogen) atoms. The van der Waals surface area contributed by atoms with Gasteiger partial charge in [0.1, 0.15) is 13.2 Å². The summed E-state index contributed by atoms with van der Waals surface area (Å²) in [4.78, 5) is 52.3. The maximum absolute atomic E-state index is 13.4. The van der Waals surface area contributed by atoms with E-state index < -0.39 is 11.1 Å². The summed E-state index contributed by atoms with van der Waals surface area (Å²) in [6.45, 7) is 3.36. The fraction of sp³-hybridized carbons (Fsp3) is 0.292. The molecule has 0 radical (unpaired) electrons. The molecule has 0 aliphatic heterocycles. The van der Waals surface area contributed by atoms with Crippen LogP contribution in [0.1, 0.15) is 38.9 Å². The summed E-state index contributed by atoms with van der Waals surface area (Å²) in [5.41, 5.74) is 2.69. The fourth-order valence-electron chi connectivity index (χ4n) is 3.56. The van der Waals surface area contributed by atoms with Crippen molar-refractivity contribution in [1.82, 2.24) is 4.57 Å². The average Bonchev–Trinajstić information content (AvgIpc) is 3.11. The number of fused-ring (bicyclic) bond motifs is 1. The quantitative estimate of drug-likeness (QED) is 0.0751. The lowest BCUT2D eigenvalue weighted by atomic mass is 10.0. The second kappa shape index (κ2) is 12.8. The van der Waals surface area contributed by atoms with E-state index >= 15 is 0 Å². The minimum atomic E-state index is -0.839. The Hall–Kier alpha value is -3.02. The van der Waals surface area contributed by atoms with Crippen molar-refractivity contribution in [2.45, 2.75) is 20.3 Å². The van der Waals surface area contributed by atoms with Crippen LogP contribution in [0, 0.1) is 17.0 Å². The van der Waals surface area contributed by atoms with Crippen molar-refractivity contribution in [3.8, 4) is 0 Å². The van der Waals surface area contributed by atoms with Gasteiger partial charge in [-0.25, -0.2) is 0 Å². The molecule has 1 aromatic heterocycles. The highest BCUT2D eigenvalue weighted by molar-refractivity contribution is 8.76. The van der Waals surface area contributed by atoms with E-state index in [-0.39, 0.29) is 31.3 Å². The molecule has 0 amide bonds. The molecule has 0 saturated carbocycles. The van der Waals surface area contributed by atoms with E-state index in [1.807, 2.05) is 0 Å². The Morgan fingerprint density at radius 3 is 2.31 bits per heavy atom. The first-order valence-electron chi connectivity index (χ1n) is 10.8. The molecule has 0 aliphatic carbocycles. The number of carbonyl (C=O) groups is 3. The number of aromatic nitrogens is 1. The molecule has 0 atom stereocenters. The van der Waals surface area contributed by atoms with E-state index in [4.69, 9.17) is 16.3 Å². The average molecular weight is 551 g/mol. The Morgan fingerprint density at radius 2 is 1.67 bits per heavy atom. The SMILES string of the molecule is CC(=O)c1ccc2c(c1)c(CC(=O)OCCSSCCO[N+](=O)[O-])c(C)n2C(=O)c1ccc(Cl)cc1. The molecule has 1 heterocycles. The number of hydrogen-bond donors (Lipinski definition) is 0. The maximum Gasteiger partial charge on any atom is 0.310 e. The largest absolute Gasteiger partial charge is 0.465 e. The Kier molecular flexibility index (Phi) is 9.80. The molecule has 9 nitrogen and oxygen atoms in total. The fourth-order valence-corrected chi connectivity index (χ4v) is 5.33. The van der Waals surface area contributed by atoms with Crippen LogP contribution in [0.15, 0.2) is 42.5 Å². The molecule has 0 aliphatic rings. The zero-order valence-electron chi connectivity index (χ0n) is 19.5. The van der Waals surface area contributed by atoms with Crippen molar-refractivity contribution < 1.29 is 29.0 Å². The lowest BCUT2D eigenvalue weighted by molar-refractivity contribution is -0.756. The Labute approximate surface area is 220 Å². The first-order chi connectivity index (χ1) is 17.2. The summed E-state index contributed by atoms with van der Waals surface area (Å²) in [7, 11) is 2.79. The van der Waals surface area contributed by atoms with E-state index in [0.717, 1.165) is 0 Å². The second-order valence-electron chi connectivity index (χ2n) is 7.60. The maximum atomic E-state index is 13.4. The number of ether oxygens (including phenoxy) is 1. The number of esters is 1. The van der Waals surface area contributed by atoms with Gasteiger partial charge in [-0.3, -0.25) is 19.0 Å². The van der Waals surface area contributed by atoms with Crippen LogP contribution >= 0.6 is 33.2 Å². The van der Waals surface area contributed by atoms with E-state index in [0.29, 0.717) is 49.8 Å². The molecular formula is C24H23ClN2O7S2. The third-order valence-electron chi connectivity index (χ3n) is 5.23. The van der Waals surface area contributed by atoms with Crippen LogP contribution in [-0.4, -0.2) is 52.0 Å². The minimum absolute atomic E-state index is 0.00914. The lowest BCUT2D eigenvalue weighted by Crippen LogP contribution is -2.15. The van der Waals surface area contributed by atoms with E-state index in [1.54, 1.807) is 49.4 Å². The number of halogens is 1. The number of ketones is 1. The zero-order chi connectivity index (χ0) is 26.2. The van der Waals surface area contributed by atoms with Gasteiger partial charge < -0.3 is 9.57 Å². The Morgan fingerprint density at radius 1 is 1.03 bits per heavy atom. The van der Waals surface area contributed by atoms with E-state index in [9.17, 15) is 24.5 Å². The first-order valence-corrected chi connectivity index (χ1v) is 13.7. The predicted octanol–water partition coefficient (Wildman–Crippen LogP) is 5.17. The molecule has 0 fully saturated rings. The van der Waals surface area contributed by atoms with Gasteiger partial charge >= 0.3 is 5.97 Å². The van der Waals surface area contributed by atoms with Crippen LogP contribution in [0.3, 0.4) is 0 Å². The van der Waals surface area contributed by atoms with Gasteiger partial charge in [0.15, 0.2) is 5.78 Å². The van der Waals surface area contributed by atoms with Crippen molar-refractivity contribution in [2.75, 3.05) is 24.7 Å². The molecular weight excluding hydrogens is 528 g/mol. The summed E-state index contributed by atoms with van der Waals surface area (Å²) in [6.07, 6.45) is -0.0704. The van der Waals surface area contributed by atoms with Crippen molar-refractivity contribution >= 4 is 61.8 Å². The molecule has 0 unspecified atom stereocenters. The summed E-state index contributed by atoms with van der Waals surface area (Å²) in [6, 6.07) is 11.6. The van der Waals surface area contributed by atoms with Crippen molar-refractivity contribution in [3.63, 3.8) is 0 Å². The standard InChI is InChI=1S/C24H23ClN2O7S2/c1-15-20(14-23(29)33-9-11-35-36-12-10-34-27(31)32)21-13-18(16(2)28)5-8-22(21)26(15)24(30)17-3-6-19(25)7-4-17/h3-8,13H,9-12,14H2,1-2H3. The Balaban J connectivity index is 1.75. The van der Waals surface area contributed by atoms with Gasteiger partial charge in [-0.2, -0.15) is 0 Å². The molecule has 3 aromatic rings. The van der Waals surface area contributed by atoms with Crippen LogP contribution in [0.4, 0.5) is 0 Å². The third-order valence-corrected chi connectivity index (χ3v) is 7.82. The molecule has 0 bridgehead atoms. The molecule has 3 rings (SSSR count). The molecule has 2 aromatic carbocycles. The first kappa shape index (κ1) is 27.6. The smallest absolute Gasteiger partial charge is 0.310 e. The van der Waals surface area contributed by atoms with Crippen molar-refractivity contribution in [2.24, 2.45) is 0 Å². The van der Waals surface area contributed by atoms with Gasteiger partial charge in [-0.1, -0.05) is 33.2 Å². The summed E-state index contributed by atoms with van der Waals surface area (Å²) < 4.78 is 6.88. The third kappa shape index (κ3) is 7.02. The van der Waals surface area contributed by atoms with Gasteiger partial charge in [-0.15, -0.1) is 10.1 Å². The highest BCUT2D eigenvalue weighted by atomic mass is 35.5. The zero-order valence-corrected chi connectivity index (χ0v) is 21.9. The number of carbonyl (C=O) groups excluding carboxylic acids is 3. The number of benzene rings is 2. The highest BCUT2D eigenvalue weighted by Gasteiger charge is 2.22. The van der Waals surface area contributed by atoms with Crippen LogP contribution in [-0.2, 0) is 20.8 Å². The number of rotatable bonds is 12. The van der Waals surface area contributed by atoms with Crippen LogP contribution < -0.4 is 0 Å². The predicted molar refractivity (Wildman–Crippen MR) is 140 cm³/mol. The number of Topliss-reactive ketones (excluding diaryl/α,β-unsaturated/α-hetero) is 1. The van der Waals surface area contributed by atoms with Crippen molar-refractivity contribution in [1.29, 1.82) is 0 Å².